The zero-order valence-corrected chi connectivity index (χ0v) is 13.4. The van der Waals surface area contributed by atoms with Crippen molar-refractivity contribution in [3.63, 3.8) is 0 Å². The first-order valence-corrected chi connectivity index (χ1v) is 7.68. The standard InChI is InChI=1S/C19H14ClNO3/c20-18-10-15(19(22)23)16(11-21-18)14-8-4-5-9-17(14)24-12-13-6-2-1-3-7-13/h1-11H,12H2,(H,22,23). The zero-order valence-electron chi connectivity index (χ0n) is 12.6. The summed E-state index contributed by atoms with van der Waals surface area (Å²) in [6.07, 6.45) is 1.45. The van der Waals surface area contributed by atoms with Gasteiger partial charge in [-0.2, -0.15) is 0 Å². The Hall–Kier alpha value is -2.85. The summed E-state index contributed by atoms with van der Waals surface area (Å²) in [6.45, 7) is 0.390. The lowest BCUT2D eigenvalue weighted by atomic mass is 10.0. The van der Waals surface area contributed by atoms with E-state index in [4.69, 9.17) is 16.3 Å². The summed E-state index contributed by atoms with van der Waals surface area (Å²) in [6, 6.07) is 18.4. The number of carboxylic acid groups (broad SMARTS) is 1. The molecule has 120 valence electrons. The van der Waals surface area contributed by atoms with Crippen molar-refractivity contribution in [1.29, 1.82) is 0 Å². The fraction of sp³-hybridized carbons (Fsp3) is 0.0526. The van der Waals surface area contributed by atoms with Crippen molar-refractivity contribution in [1.82, 2.24) is 4.98 Å². The second kappa shape index (κ2) is 7.15. The highest BCUT2D eigenvalue weighted by molar-refractivity contribution is 6.29. The van der Waals surface area contributed by atoms with Crippen LogP contribution in [0, 0.1) is 0 Å². The molecule has 24 heavy (non-hydrogen) atoms. The molecular formula is C19H14ClNO3. The Morgan fingerprint density at radius 2 is 1.75 bits per heavy atom. The first-order chi connectivity index (χ1) is 11.6. The lowest BCUT2D eigenvalue weighted by Gasteiger charge is -2.13. The van der Waals surface area contributed by atoms with Crippen LogP contribution in [0.15, 0.2) is 66.9 Å². The van der Waals surface area contributed by atoms with Crippen LogP contribution < -0.4 is 4.74 Å². The van der Waals surface area contributed by atoms with Crippen molar-refractivity contribution in [3.8, 4) is 16.9 Å². The third-order valence-corrected chi connectivity index (χ3v) is 3.72. The molecule has 3 aromatic rings. The minimum Gasteiger partial charge on any atom is -0.488 e. The molecule has 5 heteroatoms. The highest BCUT2D eigenvalue weighted by Crippen LogP contribution is 2.33. The number of benzene rings is 2. The van der Waals surface area contributed by atoms with Crippen molar-refractivity contribution in [2.24, 2.45) is 0 Å². The van der Waals surface area contributed by atoms with Crippen LogP contribution in [0.1, 0.15) is 15.9 Å². The van der Waals surface area contributed by atoms with Crippen LogP contribution in [0.2, 0.25) is 5.15 Å². The van der Waals surface area contributed by atoms with Crippen LogP contribution in [0.4, 0.5) is 0 Å². The number of para-hydroxylation sites is 1. The number of carboxylic acids is 1. The Morgan fingerprint density at radius 1 is 1.04 bits per heavy atom. The predicted octanol–water partition coefficient (Wildman–Crippen LogP) is 4.68. The maximum absolute atomic E-state index is 11.5. The summed E-state index contributed by atoms with van der Waals surface area (Å²) in [5.74, 6) is -0.472. The van der Waals surface area contributed by atoms with Gasteiger partial charge in [-0.05, 0) is 17.7 Å². The molecule has 1 heterocycles. The van der Waals surface area contributed by atoms with Crippen LogP contribution >= 0.6 is 11.6 Å². The largest absolute Gasteiger partial charge is 0.488 e. The van der Waals surface area contributed by atoms with Crippen LogP contribution in [-0.2, 0) is 6.61 Å². The first kappa shape index (κ1) is 16.0. The monoisotopic (exact) mass is 339 g/mol. The van der Waals surface area contributed by atoms with E-state index in [-0.39, 0.29) is 10.7 Å². The highest BCUT2D eigenvalue weighted by atomic mass is 35.5. The van der Waals surface area contributed by atoms with Gasteiger partial charge in [0, 0.05) is 17.3 Å². The molecule has 0 aliphatic rings. The number of carbonyl (C=O) groups is 1. The van der Waals surface area contributed by atoms with E-state index in [1.165, 1.54) is 12.3 Å². The fourth-order valence-corrected chi connectivity index (χ4v) is 2.53. The van der Waals surface area contributed by atoms with Crippen LogP contribution in [0.3, 0.4) is 0 Å². The molecule has 3 rings (SSSR count). The van der Waals surface area contributed by atoms with E-state index in [2.05, 4.69) is 4.98 Å². The SMILES string of the molecule is O=C(O)c1cc(Cl)ncc1-c1ccccc1OCc1ccccc1. The number of halogens is 1. The zero-order chi connectivity index (χ0) is 16.9. The molecule has 0 amide bonds. The Labute approximate surface area is 144 Å². The first-order valence-electron chi connectivity index (χ1n) is 7.30. The number of pyridine rings is 1. The van der Waals surface area contributed by atoms with Gasteiger partial charge in [-0.15, -0.1) is 0 Å². The summed E-state index contributed by atoms with van der Waals surface area (Å²) in [7, 11) is 0. The van der Waals surface area contributed by atoms with E-state index < -0.39 is 5.97 Å². The minimum absolute atomic E-state index is 0.0887. The normalized spacial score (nSPS) is 10.4. The van der Waals surface area contributed by atoms with E-state index in [9.17, 15) is 9.90 Å². The van der Waals surface area contributed by atoms with Gasteiger partial charge in [0.25, 0.3) is 0 Å². The van der Waals surface area contributed by atoms with E-state index in [1.807, 2.05) is 42.5 Å². The van der Waals surface area contributed by atoms with E-state index in [1.54, 1.807) is 12.1 Å². The van der Waals surface area contributed by atoms with Crippen molar-refractivity contribution in [2.45, 2.75) is 6.61 Å². The maximum atomic E-state index is 11.5. The number of hydrogen-bond acceptors (Lipinski definition) is 3. The molecule has 0 bridgehead atoms. The summed E-state index contributed by atoms with van der Waals surface area (Å²) in [4.78, 5) is 15.5. The Bertz CT molecular complexity index is 865. The topological polar surface area (TPSA) is 59.4 Å². The number of ether oxygens (including phenoxy) is 1. The molecule has 1 N–H and O–H groups in total. The average Bonchev–Trinajstić information content (AvgIpc) is 2.61. The lowest BCUT2D eigenvalue weighted by Crippen LogP contribution is -2.02. The quantitative estimate of drug-likeness (QED) is 0.686. The summed E-state index contributed by atoms with van der Waals surface area (Å²) < 4.78 is 5.89. The van der Waals surface area contributed by atoms with Gasteiger partial charge in [0.2, 0.25) is 0 Å². The molecule has 0 atom stereocenters. The second-order valence-corrected chi connectivity index (χ2v) is 5.52. The smallest absolute Gasteiger partial charge is 0.336 e. The van der Waals surface area contributed by atoms with E-state index in [0.29, 0.717) is 23.5 Å². The summed E-state index contributed by atoms with van der Waals surface area (Å²) >= 11 is 5.82. The van der Waals surface area contributed by atoms with Crippen LogP contribution in [0.25, 0.3) is 11.1 Å². The molecular weight excluding hydrogens is 326 g/mol. The molecule has 2 aromatic carbocycles. The van der Waals surface area contributed by atoms with Crippen LogP contribution in [0.5, 0.6) is 5.75 Å². The van der Waals surface area contributed by atoms with Gasteiger partial charge in [-0.1, -0.05) is 60.1 Å². The average molecular weight is 340 g/mol. The van der Waals surface area contributed by atoms with Crippen molar-refractivity contribution < 1.29 is 14.6 Å². The Balaban J connectivity index is 1.97. The molecule has 0 spiro atoms. The van der Waals surface area contributed by atoms with Crippen molar-refractivity contribution in [3.05, 3.63) is 83.1 Å². The number of rotatable bonds is 5. The van der Waals surface area contributed by atoms with E-state index in [0.717, 1.165) is 5.56 Å². The van der Waals surface area contributed by atoms with Gasteiger partial charge in [-0.25, -0.2) is 9.78 Å². The van der Waals surface area contributed by atoms with Gasteiger partial charge in [0.05, 0.1) is 5.56 Å². The number of nitrogens with zero attached hydrogens (tertiary/aromatic N) is 1. The molecule has 4 nitrogen and oxygen atoms in total. The molecule has 0 radical (unpaired) electrons. The third kappa shape index (κ3) is 3.55. The minimum atomic E-state index is -1.06. The molecule has 0 aliphatic carbocycles. The summed E-state index contributed by atoms with van der Waals surface area (Å²) in [5, 5.41) is 9.56. The number of aromatic carboxylic acids is 1. The van der Waals surface area contributed by atoms with Crippen LogP contribution in [-0.4, -0.2) is 16.1 Å². The highest BCUT2D eigenvalue weighted by Gasteiger charge is 2.16. The predicted molar refractivity (Wildman–Crippen MR) is 92.4 cm³/mol. The molecule has 1 aromatic heterocycles. The fourth-order valence-electron chi connectivity index (χ4n) is 2.37. The Kier molecular flexibility index (Phi) is 4.77. The third-order valence-electron chi connectivity index (χ3n) is 3.52. The molecule has 0 saturated heterocycles. The van der Waals surface area contributed by atoms with Crippen molar-refractivity contribution in [2.75, 3.05) is 0 Å². The molecule has 0 fully saturated rings. The Morgan fingerprint density at radius 3 is 2.50 bits per heavy atom. The lowest BCUT2D eigenvalue weighted by molar-refractivity contribution is 0.0697. The number of aromatic nitrogens is 1. The van der Waals surface area contributed by atoms with Gasteiger partial charge in [0.1, 0.15) is 17.5 Å². The molecule has 0 saturated carbocycles. The second-order valence-electron chi connectivity index (χ2n) is 5.13. The molecule has 0 unspecified atom stereocenters. The number of hydrogen-bond donors (Lipinski definition) is 1. The van der Waals surface area contributed by atoms with Gasteiger partial charge in [-0.3, -0.25) is 0 Å². The van der Waals surface area contributed by atoms with Gasteiger partial charge >= 0.3 is 5.97 Å². The van der Waals surface area contributed by atoms with Crippen molar-refractivity contribution >= 4 is 17.6 Å². The van der Waals surface area contributed by atoms with Gasteiger partial charge in [0.15, 0.2) is 0 Å². The summed E-state index contributed by atoms with van der Waals surface area (Å²) in [5.41, 5.74) is 2.25. The molecule has 0 aliphatic heterocycles. The maximum Gasteiger partial charge on any atom is 0.336 e. The van der Waals surface area contributed by atoms with Gasteiger partial charge < -0.3 is 9.84 Å². The van der Waals surface area contributed by atoms with E-state index >= 15 is 0 Å².